The Bertz CT molecular complexity index is 790. The maximum atomic E-state index is 12.0. The van der Waals surface area contributed by atoms with Gasteiger partial charge < -0.3 is 14.8 Å². The van der Waals surface area contributed by atoms with E-state index in [2.05, 4.69) is 22.4 Å². The smallest absolute Gasteiger partial charge is 0.332 e. The number of thiazole rings is 1. The van der Waals surface area contributed by atoms with Crippen LogP contribution in [0.15, 0.2) is 42.7 Å². The predicted octanol–water partition coefficient (Wildman–Crippen LogP) is 1.96. The number of carbonyl (C=O) groups is 1. The van der Waals surface area contributed by atoms with Gasteiger partial charge in [0.2, 0.25) is 5.88 Å². The van der Waals surface area contributed by atoms with Crippen LogP contribution in [-0.4, -0.2) is 41.2 Å². The monoisotopic (exact) mass is 329 g/mol. The van der Waals surface area contributed by atoms with E-state index in [9.17, 15) is 4.79 Å². The van der Waals surface area contributed by atoms with Gasteiger partial charge in [-0.3, -0.25) is 4.40 Å². The molecule has 0 saturated carbocycles. The molecule has 1 aliphatic rings. The van der Waals surface area contributed by atoms with Gasteiger partial charge in [-0.15, -0.1) is 0 Å². The van der Waals surface area contributed by atoms with E-state index in [1.54, 1.807) is 17.5 Å². The third-order valence-electron chi connectivity index (χ3n) is 3.60. The quantitative estimate of drug-likeness (QED) is 0.744. The third-order valence-corrected chi connectivity index (χ3v) is 4.65. The van der Waals surface area contributed by atoms with Crippen molar-refractivity contribution in [2.45, 2.75) is 6.04 Å². The average molecular weight is 329 g/mol. The molecule has 1 aliphatic heterocycles. The molecule has 0 amide bonds. The molecule has 3 aromatic rings. The molecule has 23 heavy (non-hydrogen) atoms. The number of imidazole rings is 1. The minimum absolute atomic E-state index is 0.313. The molecule has 0 aliphatic carbocycles. The van der Waals surface area contributed by atoms with E-state index in [4.69, 9.17) is 9.47 Å². The largest absolute Gasteiger partial charge is 0.404 e. The molecule has 1 atom stereocenters. The maximum Gasteiger partial charge on any atom is 0.332 e. The van der Waals surface area contributed by atoms with E-state index in [0.29, 0.717) is 25.6 Å². The van der Waals surface area contributed by atoms with Crippen LogP contribution in [0.25, 0.3) is 15.4 Å². The Morgan fingerprint density at radius 3 is 2.96 bits per heavy atom. The normalized spacial score (nSPS) is 18.2. The van der Waals surface area contributed by atoms with Crippen molar-refractivity contribution in [2.75, 3.05) is 19.8 Å². The number of fused-ring (bicyclic) bond motifs is 1. The van der Waals surface area contributed by atoms with Gasteiger partial charge in [0.15, 0.2) is 4.96 Å². The first-order chi connectivity index (χ1) is 11.3. The number of ether oxygens (including phenoxy) is 2. The molecule has 0 radical (unpaired) electrons. The molecule has 4 rings (SSSR count). The molecule has 2 aromatic heterocycles. The molecule has 6 nitrogen and oxygen atoms in total. The van der Waals surface area contributed by atoms with Crippen LogP contribution >= 0.6 is 11.3 Å². The lowest BCUT2D eigenvalue weighted by atomic mass is 10.2. The van der Waals surface area contributed by atoms with Crippen molar-refractivity contribution in [3.8, 4) is 16.3 Å². The highest BCUT2D eigenvalue weighted by molar-refractivity contribution is 7.20. The van der Waals surface area contributed by atoms with Gasteiger partial charge in [0.05, 0.1) is 24.3 Å². The average Bonchev–Trinajstić information content (AvgIpc) is 3.15. The van der Waals surface area contributed by atoms with Crippen molar-refractivity contribution >= 4 is 22.3 Å². The number of esters is 1. The molecule has 1 fully saturated rings. The number of hydrogen-bond acceptors (Lipinski definition) is 6. The number of hydrogen-bond donors (Lipinski definition) is 1. The highest BCUT2D eigenvalue weighted by Crippen LogP contribution is 2.29. The van der Waals surface area contributed by atoms with E-state index in [1.165, 1.54) is 0 Å². The first-order valence-electron chi connectivity index (χ1n) is 7.36. The molecule has 7 heteroatoms. The number of carbonyl (C=O) groups excluding carboxylic acids is 1. The Morgan fingerprint density at radius 2 is 2.22 bits per heavy atom. The zero-order chi connectivity index (χ0) is 15.6. The molecule has 1 saturated heterocycles. The van der Waals surface area contributed by atoms with Crippen LogP contribution < -0.4 is 10.1 Å². The maximum absolute atomic E-state index is 12.0. The molecular formula is C16H15N3O3S. The van der Waals surface area contributed by atoms with Gasteiger partial charge in [-0.25, -0.2) is 4.79 Å². The van der Waals surface area contributed by atoms with Crippen molar-refractivity contribution in [2.24, 2.45) is 0 Å². The molecule has 1 aromatic carbocycles. The van der Waals surface area contributed by atoms with Crippen LogP contribution in [0, 0.1) is 0 Å². The van der Waals surface area contributed by atoms with E-state index in [1.807, 2.05) is 28.8 Å². The summed E-state index contributed by atoms with van der Waals surface area (Å²) in [5.74, 6) is -0.0491. The molecule has 0 bridgehead atoms. The summed E-state index contributed by atoms with van der Waals surface area (Å²) in [5.41, 5.74) is 1.14. The van der Waals surface area contributed by atoms with Crippen molar-refractivity contribution in [1.82, 2.24) is 14.7 Å². The van der Waals surface area contributed by atoms with Gasteiger partial charge in [0.25, 0.3) is 0 Å². The zero-order valence-corrected chi connectivity index (χ0v) is 13.1. The van der Waals surface area contributed by atoms with Crippen LogP contribution in [0.5, 0.6) is 5.88 Å². The molecule has 1 N–H and O–H groups in total. The number of nitrogens with one attached hydrogen (secondary N) is 1. The summed E-state index contributed by atoms with van der Waals surface area (Å²) in [5, 5.41) is 3.07. The summed E-state index contributed by atoms with van der Waals surface area (Å²) >= 11 is 1.55. The van der Waals surface area contributed by atoms with Crippen molar-refractivity contribution < 1.29 is 14.3 Å². The minimum Gasteiger partial charge on any atom is -0.404 e. The van der Waals surface area contributed by atoms with E-state index in [-0.39, 0.29) is 5.97 Å². The van der Waals surface area contributed by atoms with Crippen LogP contribution in [-0.2, 0) is 9.53 Å². The Hall–Kier alpha value is -2.22. The Labute approximate surface area is 136 Å². The third kappa shape index (κ3) is 2.98. The van der Waals surface area contributed by atoms with E-state index < -0.39 is 6.04 Å². The number of benzene rings is 1. The second-order valence-electron chi connectivity index (χ2n) is 5.23. The first-order valence-corrected chi connectivity index (χ1v) is 8.18. The highest BCUT2D eigenvalue weighted by atomic mass is 32.1. The van der Waals surface area contributed by atoms with Crippen LogP contribution in [0.1, 0.15) is 0 Å². The number of morpholine rings is 1. The fourth-order valence-corrected chi connectivity index (χ4v) is 3.41. The van der Waals surface area contributed by atoms with Gasteiger partial charge in [-0.2, -0.15) is 4.98 Å². The summed E-state index contributed by atoms with van der Waals surface area (Å²) in [6, 6.07) is 9.68. The number of nitrogens with zero attached hydrogens (tertiary/aromatic N) is 2. The van der Waals surface area contributed by atoms with Gasteiger partial charge >= 0.3 is 5.97 Å². The Balaban J connectivity index is 1.51. The molecule has 118 valence electrons. The van der Waals surface area contributed by atoms with Crippen molar-refractivity contribution in [3.05, 3.63) is 42.7 Å². The lowest BCUT2D eigenvalue weighted by Crippen LogP contribution is -2.48. The van der Waals surface area contributed by atoms with Gasteiger partial charge in [0.1, 0.15) is 6.04 Å². The molecule has 0 unspecified atom stereocenters. The summed E-state index contributed by atoms with van der Waals surface area (Å²) in [6.07, 6.45) is 3.71. The van der Waals surface area contributed by atoms with Gasteiger partial charge in [0, 0.05) is 12.7 Å². The summed E-state index contributed by atoms with van der Waals surface area (Å²) in [6.45, 7) is 1.60. The molecule has 3 heterocycles. The van der Waals surface area contributed by atoms with Crippen LogP contribution in [0.3, 0.4) is 0 Å². The first kappa shape index (κ1) is 14.4. The van der Waals surface area contributed by atoms with Crippen molar-refractivity contribution in [1.29, 1.82) is 0 Å². The number of aromatic nitrogens is 2. The van der Waals surface area contributed by atoms with Gasteiger partial charge in [-0.1, -0.05) is 41.7 Å². The van der Waals surface area contributed by atoms with Gasteiger partial charge in [-0.05, 0) is 5.56 Å². The SMILES string of the molecule is O=C(Oc1cn2cc(-c3ccccc3)sc2n1)[C@@H]1COCCN1. The van der Waals surface area contributed by atoms with Crippen molar-refractivity contribution in [3.63, 3.8) is 0 Å². The summed E-state index contributed by atoms with van der Waals surface area (Å²) in [4.78, 5) is 18.3. The lowest BCUT2D eigenvalue weighted by molar-refractivity contribution is -0.139. The highest BCUT2D eigenvalue weighted by Gasteiger charge is 2.24. The number of rotatable bonds is 3. The molecular weight excluding hydrogens is 314 g/mol. The lowest BCUT2D eigenvalue weighted by Gasteiger charge is -2.21. The second-order valence-corrected chi connectivity index (χ2v) is 6.24. The topological polar surface area (TPSA) is 64.9 Å². The second kappa shape index (κ2) is 6.11. The zero-order valence-electron chi connectivity index (χ0n) is 12.3. The van der Waals surface area contributed by atoms with E-state index >= 15 is 0 Å². The standard InChI is InChI=1S/C16H15N3O3S/c20-15(12-10-21-7-6-17-12)22-14-9-19-8-13(23-16(19)18-14)11-4-2-1-3-5-11/h1-5,8-9,12,17H,6-7,10H2/t12-/m0/s1. The Morgan fingerprint density at radius 1 is 1.35 bits per heavy atom. The fraction of sp³-hybridized carbons (Fsp3) is 0.250. The summed E-state index contributed by atoms with van der Waals surface area (Å²) < 4.78 is 12.5. The Kier molecular flexibility index (Phi) is 3.82. The summed E-state index contributed by atoms with van der Waals surface area (Å²) in [7, 11) is 0. The van der Waals surface area contributed by atoms with Crippen LogP contribution in [0.2, 0.25) is 0 Å². The minimum atomic E-state index is -0.427. The van der Waals surface area contributed by atoms with E-state index in [0.717, 1.165) is 15.4 Å². The fourth-order valence-electron chi connectivity index (χ4n) is 2.45. The molecule has 0 spiro atoms. The van der Waals surface area contributed by atoms with Crippen LogP contribution in [0.4, 0.5) is 0 Å². The predicted molar refractivity (Wildman–Crippen MR) is 86.7 cm³/mol.